The van der Waals surface area contributed by atoms with Crippen molar-refractivity contribution in [2.75, 3.05) is 26.5 Å². The van der Waals surface area contributed by atoms with Gasteiger partial charge in [0.05, 0.1) is 12.7 Å². The summed E-state index contributed by atoms with van der Waals surface area (Å²) in [7, 11) is 5.01. The zero-order valence-corrected chi connectivity index (χ0v) is 13.4. The maximum Gasteiger partial charge on any atom is 0.268 e. The van der Waals surface area contributed by atoms with Crippen LogP contribution in [0.1, 0.15) is 20.7 Å². The van der Waals surface area contributed by atoms with Crippen LogP contribution in [0.15, 0.2) is 35.7 Å². The van der Waals surface area contributed by atoms with Gasteiger partial charge >= 0.3 is 0 Å². The van der Waals surface area contributed by atoms with Crippen LogP contribution in [0, 0.1) is 0 Å². The molecule has 6 nitrogen and oxygen atoms in total. The lowest BCUT2D eigenvalue weighted by atomic mass is 10.2. The minimum atomic E-state index is -0.274. The normalized spacial score (nSPS) is 10.4. The van der Waals surface area contributed by atoms with Crippen molar-refractivity contribution < 1.29 is 14.3 Å². The number of hydrogen-bond donors (Lipinski definition) is 2. The molecule has 0 saturated carbocycles. The van der Waals surface area contributed by atoms with E-state index in [1.165, 1.54) is 11.3 Å². The van der Waals surface area contributed by atoms with E-state index in [9.17, 15) is 9.59 Å². The Morgan fingerprint density at radius 3 is 2.36 bits per heavy atom. The molecule has 0 unspecified atom stereocenters. The topological polar surface area (TPSA) is 70.7 Å². The first-order valence-corrected chi connectivity index (χ1v) is 7.40. The molecule has 7 heteroatoms. The first-order valence-electron chi connectivity index (χ1n) is 6.52. The standard InChI is InChI=1S/C15H17N3O3S/c1-18(2)17-14(20)12-8-9-22-15(12)16-13(19)10-4-6-11(21-3)7-5-10/h4-9H,1-3H3,(H,16,19)(H,17,20). The molecule has 0 radical (unpaired) electrons. The molecule has 2 N–H and O–H groups in total. The van der Waals surface area contributed by atoms with Gasteiger partial charge in [0.15, 0.2) is 0 Å². The molecule has 0 aliphatic carbocycles. The Bertz CT molecular complexity index is 665. The molecule has 0 bridgehead atoms. The van der Waals surface area contributed by atoms with Crippen molar-refractivity contribution in [1.82, 2.24) is 10.4 Å². The second-order valence-corrected chi connectivity index (χ2v) is 5.60. The van der Waals surface area contributed by atoms with Crippen molar-refractivity contribution in [2.24, 2.45) is 0 Å². The van der Waals surface area contributed by atoms with Gasteiger partial charge < -0.3 is 10.1 Å². The molecule has 0 spiro atoms. The van der Waals surface area contributed by atoms with E-state index >= 15 is 0 Å². The predicted octanol–water partition coefficient (Wildman–Crippen LogP) is 2.22. The fourth-order valence-electron chi connectivity index (χ4n) is 1.77. The Hall–Kier alpha value is -2.38. The van der Waals surface area contributed by atoms with Crippen LogP contribution in [0.4, 0.5) is 5.00 Å². The van der Waals surface area contributed by atoms with Crippen LogP contribution >= 0.6 is 11.3 Å². The van der Waals surface area contributed by atoms with Crippen molar-refractivity contribution >= 4 is 28.2 Å². The van der Waals surface area contributed by atoms with Gasteiger partial charge in [-0.2, -0.15) is 0 Å². The number of rotatable bonds is 5. The van der Waals surface area contributed by atoms with Gasteiger partial charge in [-0.3, -0.25) is 15.0 Å². The van der Waals surface area contributed by atoms with Gasteiger partial charge in [-0.15, -0.1) is 11.3 Å². The highest BCUT2D eigenvalue weighted by molar-refractivity contribution is 7.14. The zero-order chi connectivity index (χ0) is 16.1. The second kappa shape index (κ2) is 7.06. The number of anilines is 1. The van der Waals surface area contributed by atoms with Gasteiger partial charge in [0.25, 0.3) is 11.8 Å². The number of ether oxygens (including phenoxy) is 1. The summed E-state index contributed by atoms with van der Waals surface area (Å²) in [5, 5.41) is 6.58. The van der Waals surface area contributed by atoms with Crippen molar-refractivity contribution in [1.29, 1.82) is 0 Å². The van der Waals surface area contributed by atoms with Crippen molar-refractivity contribution in [3.63, 3.8) is 0 Å². The molecule has 22 heavy (non-hydrogen) atoms. The molecule has 2 aromatic rings. The molecule has 2 rings (SSSR count). The number of benzene rings is 1. The lowest BCUT2D eigenvalue weighted by molar-refractivity contribution is 0.0858. The maximum atomic E-state index is 12.2. The van der Waals surface area contributed by atoms with Crippen molar-refractivity contribution in [3.8, 4) is 5.75 Å². The number of hydrogen-bond acceptors (Lipinski definition) is 5. The van der Waals surface area contributed by atoms with Crippen LogP contribution in [0.2, 0.25) is 0 Å². The van der Waals surface area contributed by atoms with Crippen molar-refractivity contribution in [3.05, 3.63) is 46.8 Å². The molecule has 1 aromatic heterocycles. The largest absolute Gasteiger partial charge is 0.497 e. The summed E-state index contributed by atoms with van der Waals surface area (Å²) in [6.07, 6.45) is 0. The fourth-order valence-corrected chi connectivity index (χ4v) is 2.55. The Labute approximate surface area is 132 Å². The molecular weight excluding hydrogens is 302 g/mol. The number of thiophene rings is 1. The maximum absolute atomic E-state index is 12.2. The van der Waals surface area contributed by atoms with Crippen LogP contribution in [0.5, 0.6) is 5.75 Å². The Balaban J connectivity index is 2.11. The van der Waals surface area contributed by atoms with E-state index in [4.69, 9.17) is 4.74 Å². The van der Waals surface area contributed by atoms with Crippen LogP contribution in [-0.4, -0.2) is 38.0 Å². The number of nitrogens with zero attached hydrogens (tertiary/aromatic N) is 1. The molecular formula is C15H17N3O3S. The number of carbonyl (C=O) groups is 2. The molecule has 0 fully saturated rings. The number of methoxy groups -OCH3 is 1. The molecule has 0 aliphatic heterocycles. The van der Waals surface area contributed by atoms with Gasteiger partial charge in [0.1, 0.15) is 10.8 Å². The fraction of sp³-hybridized carbons (Fsp3) is 0.200. The number of hydrazine groups is 1. The van der Waals surface area contributed by atoms with Crippen LogP contribution in [0.3, 0.4) is 0 Å². The van der Waals surface area contributed by atoms with Gasteiger partial charge in [-0.05, 0) is 35.7 Å². The van der Waals surface area contributed by atoms with E-state index in [1.54, 1.807) is 61.9 Å². The Morgan fingerprint density at radius 2 is 1.77 bits per heavy atom. The molecule has 116 valence electrons. The summed E-state index contributed by atoms with van der Waals surface area (Å²) in [4.78, 5) is 24.2. The predicted molar refractivity (Wildman–Crippen MR) is 86.4 cm³/mol. The zero-order valence-electron chi connectivity index (χ0n) is 12.5. The van der Waals surface area contributed by atoms with E-state index in [-0.39, 0.29) is 11.8 Å². The Kier molecular flexibility index (Phi) is 5.13. The monoisotopic (exact) mass is 319 g/mol. The quantitative estimate of drug-likeness (QED) is 0.829. The highest BCUT2D eigenvalue weighted by Gasteiger charge is 2.16. The van der Waals surface area contributed by atoms with Gasteiger partial charge in [0.2, 0.25) is 0 Å². The summed E-state index contributed by atoms with van der Waals surface area (Å²) < 4.78 is 5.06. The van der Waals surface area contributed by atoms with E-state index in [0.29, 0.717) is 21.9 Å². The average Bonchev–Trinajstić information content (AvgIpc) is 2.95. The van der Waals surface area contributed by atoms with Crippen LogP contribution in [0.25, 0.3) is 0 Å². The van der Waals surface area contributed by atoms with E-state index in [1.807, 2.05) is 0 Å². The van der Waals surface area contributed by atoms with Gasteiger partial charge in [-0.25, -0.2) is 5.01 Å². The first-order chi connectivity index (χ1) is 10.5. The van der Waals surface area contributed by atoms with Crippen molar-refractivity contribution in [2.45, 2.75) is 0 Å². The average molecular weight is 319 g/mol. The van der Waals surface area contributed by atoms with Crippen LogP contribution in [-0.2, 0) is 0 Å². The molecule has 2 amide bonds. The lowest BCUT2D eigenvalue weighted by Crippen LogP contribution is -2.36. The number of carbonyl (C=O) groups excluding carboxylic acids is 2. The second-order valence-electron chi connectivity index (χ2n) is 4.68. The molecule has 0 aliphatic rings. The van der Waals surface area contributed by atoms with E-state index < -0.39 is 0 Å². The number of nitrogens with one attached hydrogen (secondary N) is 2. The molecule has 1 aromatic carbocycles. The highest BCUT2D eigenvalue weighted by Crippen LogP contribution is 2.24. The summed E-state index contributed by atoms with van der Waals surface area (Å²) >= 11 is 1.30. The van der Waals surface area contributed by atoms with E-state index in [2.05, 4.69) is 10.7 Å². The highest BCUT2D eigenvalue weighted by atomic mass is 32.1. The first kappa shape index (κ1) is 16.0. The summed E-state index contributed by atoms with van der Waals surface area (Å²) in [5.74, 6) is 0.138. The Morgan fingerprint density at radius 1 is 1.09 bits per heavy atom. The molecule has 0 atom stereocenters. The van der Waals surface area contributed by atoms with Gasteiger partial charge in [-0.1, -0.05) is 0 Å². The minimum absolute atomic E-state index is 0.267. The summed E-state index contributed by atoms with van der Waals surface area (Å²) in [5.41, 5.74) is 3.57. The SMILES string of the molecule is COc1ccc(C(=O)Nc2sccc2C(=O)NN(C)C)cc1. The number of amides is 2. The smallest absolute Gasteiger partial charge is 0.268 e. The van der Waals surface area contributed by atoms with Crippen LogP contribution < -0.4 is 15.5 Å². The third kappa shape index (κ3) is 3.84. The molecule has 0 saturated heterocycles. The van der Waals surface area contributed by atoms with Gasteiger partial charge in [0, 0.05) is 19.7 Å². The summed E-state index contributed by atoms with van der Waals surface area (Å²) in [6, 6.07) is 8.43. The molecule has 1 heterocycles. The summed E-state index contributed by atoms with van der Waals surface area (Å²) in [6.45, 7) is 0. The third-order valence-electron chi connectivity index (χ3n) is 2.81. The third-order valence-corrected chi connectivity index (χ3v) is 3.64. The minimum Gasteiger partial charge on any atom is -0.497 e. The lowest BCUT2D eigenvalue weighted by Gasteiger charge is -2.12. The van der Waals surface area contributed by atoms with E-state index in [0.717, 1.165) is 0 Å².